The molecule has 0 fully saturated rings. The van der Waals surface area contributed by atoms with E-state index >= 15 is 0 Å². The van der Waals surface area contributed by atoms with Crippen LogP contribution >= 0.6 is 0 Å². The molecule has 0 aliphatic heterocycles. The standard InChI is InChI=1S/C18H37NO.C16H32O/c1-2-3-4-5-6-7-8-9-10-11-12-13-14-15-16-18(19)17-20;1-2-3-4-5-6-7-8-9-10-11-12-13-14-15-16-17/h14-15,18,20H,2-13,16-17,19H2,1H3;16H,2-15H2,1H3/b15-14+;. The average Bonchev–Trinajstić information content (AvgIpc) is 2.91. The number of allylic oxidation sites excluding steroid dienone is 1. The summed E-state index contributed by atoms with van der Waals surface area (Å²) in [6, 6.07) is -0.0800. The van der Waals surface area contributed by atoms with Gasteiger partial charge in [0.25, 0.3) is 0 Å². The Labute approximate surface area is 233 Å². The Bertz CT molecular complexity index is 424. The molecule has 0 aromatic rings. The minimum Gasteiger partial charge on any atom is -0.395 e. The van der Waals surface area contributed by atoms with E-state index < -0.39 is 0 Å². The third-order valence-electron chi connectivity index (χ3n) is 7.24. The SMILES string of the molecule is CCCCCCCCCCCCC/C=C/CC(N)CO.CCCCCCCCCCCCCCCC=O. The van der Waals surface area contributed by atoms with Crippen molar-refractivity contribution < 1.29 is 9.90 Å². The molecule has 0 aliphatic carbocycles. The molecule has 0 amide bonds. The summed E-state index contributed by atoms with van der Waals surface area (Å²) in [7, 11) is 0. The van der Waals surface area contributed by atoms with Gasteiger partial charge in [0.1, 0.15) is 6.29 Å². The van der Waals surface area contributed by atoms with Crippen molar-refractivity contribution in [3.63, 3.8) is 0 Å². The largest absolute Gasteiger partial charge is 0.395 e. The van der Waals surface area contributed by atoms with Gasteiger partial charge in [0, 0.05) is 12.5 Å². The highest BCUT2D eigenvalue weighted by Crippen LogP contribution is 2.13. The van der Waals surface area contributed by atoms with Crippen molar-refractivity contribution in [1.82, 2.24) is 0 Å². The molecule has 3 nitrogen and oxygen atoms in total. The Morgan fingerprint density at radius 3 is 1.16 bits per heavy atom. The fourth-order valence-electron chi connectivity index (χ4n) is 4.64. The van der Waals surface area contributed by atoms with Crippen LogP contribution in [0.5, 0.6) is 0 Å². The van der Waals surface area contributed by atoms with E-state index in [0.717, 1.165) is 32.0 Å². The Hall–Kier alpha value is -0.670. The second-order valence-corrected chi connectivity index (χ2v) is 11.2. The van der Waals surface area contributed by atoms with Crippen molar-refractivity contribution in [2.45, 2.75) is 193 Å². The van der Waals surface area contributed by atoms with Gasteiger partial charge >= 0.3 is 0 Å². The highest BCUT2D eigenvalue weighted by atomic mass is 16.3. The van der Waals surface area contributed by atoms with Crippen LogP contribution in [0.1, 0.15) is 187 Å². The fraction of sp³-hybridized carbons (Fsp3) is 0.912. The summed E-state index contributed by atoms with van der Waals surface area (Å²) in [6.45, 7) is 4.63. The summed E-state index contributed by atoms with van der Waals surface area (Å²) < 4.78 is 0. The predicted molar refractivity (Wildman–Crippen MR) is 166 cm³/mol. The zero-order valence-electron chi connectivity index (χ0n) is 25.5. The predicted octanol–water partition coefficient (Wildman–Crippen LogP) is 10.6. The third kappa shape index (κ3) is 40.0. The Kier molecular flexibility index (Phi) is 39.0. The second kappa shape index (κ2) is 37.5. The first-order valence-corrected chi connectivity index (χ1v) is 16.7. The highest BCUT2D eigenvalue weighted by molar-refractivity contribution is 5.48. The summed E-state index contributed by atoms with van der Waals surface area (Å²) in [5, 5.41) is 8.78. The Morgan fingerprint density at radius 2 is 0.838 bits per heavy atom. The number of rotatable bonds is 29. The van der Waals surface area contributed by atoms with Crippen molar-refractivity contribution in [3.05, 3.63) is 12.2 Å². The normalized spacial score (nSPS) is 12.0. The van der Waals surface area contributed by atoms with E-state index in [0.29, 0.717) is 0 Å². The van der Waals surface area contributed by atoms with Crippen LogP contribution in [0.3, 0.4) is 0 Å². The van der Waals surface area contributed by atoms with Gasteiger partial charge in [0.05, 0.1) is 6.61 Å². The topological polar surface area (TPSA) is 63.3 Å². The first-order chi connectivity index (χ1) is 18.2. The summed E-state index contributed by atoms with van der Waals surface area (Å²) >= 11 is 0. The van der Waals surface area contributed by atoms with Crippen molar-refractivity contribution in [2.24, 2.45) is 5.73 Å². The summed E-state index contributed by atoms with van der Waals surface area (Å²) in [4.78, 5) is 10.1. The lowest BCUT2D eigenvalue weighted by molar-refractivity contribution is -0.107. The van der Waals surface area contributed by atoms with Crippen LogP contribution in [-0.4, -0.2) is 24.0 Å². The van der Waals surface area contributed by atoms with E-state index in [-0.39, 0.29) is 12.6 Å². The monoisotopic (exact) mass is 524 g/mol. The third-order valence-corrected chi connectivity index (χ3v) is 7.24. The quantitative estimate of drug-likeness (QED) is 0.0582. The molecule has 3 heteroatoms. The van der Waals surface area contributed by atoms with Crippen LogP contribution in [0.2, 0.25) is 0 Å². The van der Waals surface area contributed by atoms with E-state index in [4.69, 9.17) is 10.8 Å². The number of aliphatic hydroxyl groups excluding tert-OH is 1. The molecule has 0 rings (SSSR count). The van der Waals surface area contributed by atoms with E-state index in [2.05, 4.69) is 26.0 Å². The maximum atomic E-state index is 10.1. The van der Waals surface area contributed by atoms with Gasteiger partial charge in [-0.3, -0.25) is 0 Å². The molecular weight excluding hydrogens is 454 g/mol. The van der Waals surface area contributed by atoms with Gasteiger partial charge in [-0.1, -0.05) is 167 Å². The minimum absolute atomic E-state index is 0.0800. The molecule has 0 aromatic carbocycles. The van der Waals surface area contributed by atoms with E-state index in [1.807, 2.05) is 0 Å². The van der Waals surface area contributed by atoms with Gasteiger partial charge < -0.3 is 15.6 Å². The summed E-state index contributed by atoms with van der Waals surface area (Å²) in [5.74, 6) is 0. The number of hydrogen-bond donors (Lipinski definition) is 2. The molecule has 1 unspecified atom stereocenters. The second-order valence-electron chi connectivity index (χ2n) is 11.2. The van der Waals surface area contributed by atoms with Crippen LogP contribution in [-0.2, 0) is 4.79 Å². The fourth-order valence-corrected chi connectivity index (χ4v) is 4.64. The number of hydrogen-bond acceptors (Lipinski definition) is 3. The molecular formula is C34H69NO2. The van der Waals surface area contributed by atoms with E-state index in [1.165, 1.54) is 148 Å². The molecule has 3 N–H and O–H groups in total. The lowest BCUT2D eigenvalue weighted by Gasteiger charge is -2.03. The maximum Gasteiger partial charge on any atom is 0.119 e. The van der Waals surface area contributed by atoms with Gasteiger partial charge in [-0.2, -0.15) is 0 Å². The molecule has 1 atom stereocenters. The van der Waals surface area contributed by atoms with Crippen LogP contribution < -0.4 is 5.73 Å². The number of carbonyl (C=O) groups excluding carboxylic acids is 1. The van der Waals surface area contributed by atoms with Crippen LogP contribution in [0.25, 0.3) is 0 Å². The van der Waals surface area contributed by atoms with Crippen LogP contribution in [0.15, 0.2) is 12.2 Å². The molecule has 0 aliphatic rings. The number of unbranched alkanes of at least 4 members (excludes halogenated alkanes) is 24. The maximum absolute atomic E-state index is 10.1. The Morgan fingerprint density at radius 1 is 0.514 bits per heavy atom. The number of nitrogens with two attached hydrogens (primary N) is 1. The van der Waals surface area contributed by atoms with Gasteiger partial charge in [-0.25, -0.2) is 0 Å². The van der Waals surface area contributed by atoms with Crippen molar-refractivity contribution in [3.8, 4) is 0 Å². The van der Waals surface area contributed by atoms with Crippen molar-refractivity contribution in [2.75, 3.05) is 6.61 Å². The molecule has 0 saturated heterocycles. The van der Waals surface area contributed by atoms with Gasteiger partial charge in [-0.05, 0) is 25.7 Å². The van der Waals surface area contributed by atoms with Crippen molar-refractivity contribution in [1.29, 1.82) is 0 Å². The van der Waals surface area contributed by atoms with Crippen LogP contribution in [0, 0.1) is 0 Å². The lowest BCUT2D eigenvalue weighted by Crippen LogP contribution is -2.22. The summed E-state index contributed by atoms with van der Waals surface area (Å²) in [6.07, 6.45) is 41.3. The Balaban J connectivity index is 0. The lowest BCUT2D eigenvalue weighted by atomic mass is 10.0. The molecule has 0 saturated carbocycles. The molecule has 0 radical (unpaired) electrons. The van der Waals surface area contributed by atoms with E-state index in [9.17, 15) is 4.79 Å². The smallest absolute Gasteiger partial charge is 0.119 e. The minimum atomic E-state index is -0.0800. The zero-order chi connectivity index (χ0) is 27.5. The molecule has 0 heterocycles. The zero-order valence-corrected chi connectivity index (χ0v) is 25.5. The molecule has 0 bridgehead atoms. The number of carbonyl (C=O) groups is 1. The number of aliphatic hydroxyl groups is 1. The van der Waals surface area contributed by atoms with Gasteiger partial charge in [0.2, 0.25) is 0 Å². The van der Waals surface area contributed by atoms with Gasteiger partial charge in [-0.15, -0.1) is 0 Å². The molecule has 0 spiro atoms. The molecule has 222 valence electrons. The summed E-state index contributed by atoms with van der Waals surface area (Å²) in [5.41, 5.74) is 5.62. The molecule has 37 heavy (non-hydrogen) atoms. The van der Waals surface area contributed by atoms with Crippen molar-refractivity contribution >= 4 is 6.29 Å². The first-order valence-electron chi connectivity index (χ1n) is 16.7. The highest BCUT2D eigenvalue weighted by Gasteiger charge is 1.96. The van der Waals surface area contributed by atoms with E-state index in [1.54, 1.807) is 0 Å². The first kappa shape index (κ1) is 38.5. The number of aldehydes is 1. The average molecular weight is 524 g/mol. The van der Waals surface area contributed by atoms with Crippen LogP contribution in [0.4, 0.5) is 0 Å². The van der Waals surface area contributed by atoms with Gasteiger partial charge in [0.15, 0.2) is 0 Å². The molecule has 0 aromatic heterocycles.